The molecule has 0 amide bonds. The fourth-order valence-corrected chi connectivity index (χ4v) is 3.00. The van der Waals surface area contributed by atoms with Gasteiger partial charge in [-0.25, -0.2) is 0 Å². The summed E-state index contributed by atoms with van der Waals surface area (Å²) >= 11 is 0. The largest absolute Gasteiger partial charge is 0.480 e. The second-order valence-corrected chi connectivity index (χ2v) is 7.31. The van der Waals surface area contributed by atoms with Gasteiger partial charge in [-0.05, 0) is 39.7 Å². The molecule has 1 aliphatic rings. The molecule has 0 saturated carbocycles. The smallest absolute Gasteiger partial charge is 0.325 e. The van der Waals surface area contributed by atoms with Crippen LogP contribution < -0.4 is 5.73 Å². The lowest BCUT2D eigenvalue weighted by Gasteiger charge is -2.30. The second kappa shape index (κ2) is 6.91. The number of carboxylic acids is 1. The Kier molecular flexibility index (Phi) is 5.30. The molecule has 1 aromatic rings. The minimum Gasteiger partial charge on any atom is -0.480 e. The number of nitrogens with zero attached hydrogens (tertiary/aromatic N) is 1. The second-order valence-electron chi connectivity index (χ2n) is 7.31. The third-order valence-electron chi connectivity index (χ3n) is 4.16. The molecule has 6 nitrogen and oxygen atoms in total. The van der Waals surface area contributed by atoms with Crippen molar-refractivity contribution in [2.75, 3.05) is 6.54 Å². The number of aryl methyl sites for hydroxylation is 1. The highest BCUT2D eigenvalue weighted by molar-refractivity contribution is 5.77. The number of rotatable bonds is 4. The topological polar surface area (TPSA) is 92.9 Å². The fourth-order valence-electron chi connectivity index (χ4n) is 3.00. The van der Waals surface area contributed by atoms with Crippen LogP contribution in [0, 0.1) is 12.8 Å². The van der Waals surface area contributed by atoms with Crippen molar-refractivity contribution in [1.82, 2.24) is 4.90 Å². The molecule has 1 aromatic carbocycles. The Hall–Kier alpha value is -1.92. The molecule has 0 aliphatic carbocycles. The molecule has 1 aliphatic heterocycles. The summed E-state index contributed by atoms with van der Waals surface area (Å²) in [6.45, 7) is 7.79. The maximum Gasteiger partial charge on any atom is 0.325 e. The highest BCUT2D eigenvalue weighted by Gasteiger charge is 2.43. The summed E-state index contributed by atoms with van der Waals surface area (Å²) in [6, 6.07) is 6.47. The van der Waals surface area contributed by atoms with Crippen LogP contribution in [0.2, 0.25) is 0 Å². The Morgan fingerprint density at radius 1 is 1.29 bits per heavy atom. The van der Waals surface area contributed by atoms with Crippen LogP contribution in [0.1, 0.15) is 44.4 Å². The zero-order valence-corrected chi connectivity index (χ0v) is 14.7. The van der Waals surface area contributed by atoms with Gasteiger partial charge in [-0.1, -0.05) is 29.8 Å². The normalized spacial score (nSPS) is 23.0. The van der Waals surface area contributed by atoms with Gasteiger partial charge in [0.05, 0.1) is 12.1 Å². The van der Waals surface area contributed by atoms with Crippen LogP contribution >= 0.6 is 0 Å². The molecule has 132 valence electrons. The molecule has 3 N–H and O–H groups in total. The predicted molar refractivity (Wildman–Crippen MR) is 90.2 cm³/mol. The average molecular weight is 334 g/mol. The Morgan fingerprint density at radius 2 is 1.88 bits per heavy atom. The van der Waals surface area contributed by atoms with E-state index in [1.54, 1.807) is 37.8 Å². The highest BCUT2D eigenvalue weighted by atomic mass is 16.6. The summed E-state index contributed by atoms with van der Waals surface area (Å²) in [6.07, 6.45) is -0.187. The summed E-state index contributed by atoms with van der Waals surface area (Å²) in [4.78, 5) is 25.8. The zero-order chi connectivity index (χ0) is 18.1. The first-order chi connectivity index (χ1) is 11.1. The number of ether oxygens (including phenoxy) is 1. The van der Waals surface area contributed by atoms with Crippen molar-refractivity contribution in [3.8, 4) is 0 Å². The van der Waals surface area contributed by atoms with Crippen molar-refractivity contribution in [3.05, 3.63) is 35.4 Å². The van der Waals surface area contributed by atoms with Crippen LogP contribution in [0.15, 0.2) is 24.3 Å². The lowest BCUT2D eigenvalue weighted by Crippen LogP contribution is -2.47. The highest BCUT2D eigenvalue weighted by Crippen LogP contribution is 2.32. The third kappa shape index (κ3) is 4.13. The number of esters is 1. The average Bonchev–Trinajstić information content (AvgIpc) is 2.81. The maximum atomic E-state index is 12.3. The molecule has 0 unspecified atom stereocenters. The SMILES string of the molecule is Cc1ccc([C@H](C(=O)O)N2CC[C@@H](C(=O)OC(C)(C)C)[C@H]2N)cc1. The number of nitrogens with two attached hydrogens (primary N) is 1. The number of likely N-dealkylation sites (tertiary alicyclic amines) is 1. The van der Waals surface area contributed by atoms with Crippen LogP contribution in [0.5, 0.6) is 0 Å². The Bertz CT molecular complexity index is 606. The molecule has 3 atom stereocenters. The molecule has 1 fully saturated rings. The van der Waals surface area contributed by atoms with E-state index >= 15 is 0 Å². The summed E-state index contributed by atoms with van der Waals surface area (Å²) in [7, 11) is 0. The van der Waals surface area contributed by atoms with E-state index in [9.17, 15) is 14.7 Å². The molecule has 0 bridgehead atoms. The number of carbonyl (C=O) groups excluding carboxylic acids is 1. The van der Waals surface area contributed by atoms with E-state index in [0.29, 0.717) is 18.5 Å². The van der Waals surface area contributed by atoms with E-state index < -0.39 is 29.7 Å². The summed E-state index contributed by atoms with van der Waals surface area (Å²) in [5.41, 5.74) is 7.34. The molecular weight excluding hydrogens is 308 g/mol. The van der Waals surface area contributed by atoms with Gasteiger partial charge in [0.2, 0.25) is 0 Å². The molecule has 0 spiro atoms. The quantitative estimate of drug-likeness (QED) is 0.819. The van der Waals surface area contributed by atoms with Gasteiger partial charge in [0.15, 0.2) is 0 Å². The number of hydrogen-bond acceptors (Lipinski definition) is 5. The van der Waals surface area contributed by atoms with Gasteiger partial charge in [0.25, 0.3) is 0 Å². The first kappa shape index (κ1) is 18.4. The zero-order valence-electron chi connectivity index (χ0n) is 14.7. The predicted octanol–water partition coefficient (Wildman–Crippen LogP) is 2.07. The van der Waals surface area contributed by atoms with E-state index in [1.165, 1.54) is 0 Å². The van der Waals surface area contributed by atoms with E-state index in [0.717, 1.165) is 5.56 Å². The number of carboxylic acid groups (broad SMARTS) is 1. The molecule has 24 heavy (non-hydrogen) atoms. The minimum atomic E-state index is -0.973. The third-order valence-corrected chi connectivity index (χ3v) is 4.16. The monoisotopic (exact) mass is 334 g/mol. The number of carbonyl (C=O) groups is 2. The molecular formula is C18H26N2O4. The van der Waals surface area contributed by atoms with Crippen LogP contribution in [-0.2, 0) is 14.3 Å². The van der Waals surface area contributed by atoms with Gasteiger partial charge < -0.3 is 15.6 Å². The van der Waals surface area contributed by atoms with Crippen molar-refractivity contribution in [2.45, 2.75) is 51.9 Å². The van der Waals surface area contributed by atoms with Crippen LogP contribution in [0.25, 0.3) is 0 Å². The van der Waals surface area contributed by atoms with E-state index in [-0.39, 0.29) is 5.97 Å². The molecule has 2 rings (SSSR count). The summed E-state index contributed by atoms with van der Waals surface area (Å²) in [5, 5.41) is 9.67. The molecule has 1 saturated heterocycles. The van der Waals surface area contributed by atoms with E-state index in [1.807, 2.05) is 19.1 Å². The summed E-state index contributed by atoms with van der Waals surface area (Å²) < 4.78 is 5.41. The van der Waals surface area contributed by atoms with Crippen molar-refractivity contribution >= 4 is 11.9 Å². The van der Waals surface area contributed by atoms with Gasteiger partial charge >= 0.3 is 11.9 Å². The van der Waals surface area contributed by atoms with Gasteiger partial charge in [-0.15, -0.1) is 0 Å². The first-order valence-electron chi connectivity index (χ1n) is 8.14. The van der Waals surface area contributed by atoms with E-state index in [2.05, 4.69) is 0 Å². The Morgan fingerprint density at radius 3 is 2.38 bits per heavy atom. The van der Waals surface area contributed by atoms with Crippen molar-refractivity contribution < 1.29 is 19.4 Å². The number of aliphatic carboxylic acids is 1. The van der Waals surface area contributed by atoms with Crippen molar-refractivity contribution in [3.63, 3.8) is 0 Å². The van der Waals surface area contributed by atoms with Crippen LogP contribution in [0.4, 0.5) is 0 Å². The number of benzene rings is 1. The minimum absolute atomic E-state index is 0.370. The number of hydrogen-bond donors (Lipinski definition) is 2. The molecule has 0 radical (unpaired) electrons. The van der Waals surface area contributed by atoms with Crippen molar-refractivity contribution in [1.29, 1.82) is 0 Å². The fraction of sp³-hybridized carbons (Fsp3) is 0.556. The van der Waals surface area contributed by atoms with Crippen LogP contribution in [0.3, 0.4) is 0 Å². The molecule has 1 heterocycles. The Balaban J connectivity index is 2.19. The first-order valence-corrected chi connectivity index (χ1v) is 8.14. The van der Waals surface area contributed by atoms with Crippen molar-refractivity contribution in [2.24, 2.45) is 11.7 Å². The Labute approximate surface area is 142 Å². The lowest BCUT2D eigenvalue weighted by molar-refractivity contribution is -0.161. The van der Waals surface area contributed by atoms with Gasteiger partial charge in [0, 0.05) is 6.54 Å². The van der Waals surface area contributed by atoms with E-state index in [4.69, 9.17) is 10.5 Å². The van der Waals surface area contributed by atoms with Gasteiger partial charge in [-0.3, -0.25) is 14.5 Å². The standard InChI is InChI=1S/C18H26N2O4/c1-11-5-7-12(8-6-11)14(16(21)22)20-10-9-13(15(20)19)17(23)24-18(2,3)4/h5-8,13-15H,9-10,19H2,1-4H3,(H,21,22)/t13-,14-,15+/m1/s1. The summed E-state index contributed by atoms with van der Waals surface area (Å²) in [5.74, 6) is -1.86. The molecule has 0 aromatic heterocycles. The lowest BCUT2D eigenvalue weighted by atomic mass is 10.0. The van der Waals surface area contributed by atoms with Gasteiger partial charge in [0.1, 0.15) is 11.6 Å². The maximum absolute atomic E-state index is 12.3. The van der Waals surface area contributed by atoms with Gasteiger partial charge in [-0.2, -0.15) is 0 Å². The van der Waals surface area contributed by atoms with Crippen LogP contribution in [-0.4, -0.2) is 40.3 Å². The molecule has 6 heteroatoms.